The van der Waals surface area contributed by atoms with Gasteiger partial charge < -0.3 is 20.7 Å². The first-order valence-corrected chi connectivity index (χ1v) is 10.0. The molecule has 2 aromatic carbocycles. The van der Waals surface area contributed by atoms with Crippen molar-refractivity contribution in [2.75, 3.05) is 18.5 Å². The van der Waals surface area contributed by atoms with Crippen LogP contribution in [-0.2, 0) is 28.7 Å². The molecule has 166 valence electrons. The molecule has 0 spiro atoms. The van der Waals surface area contributed by atoms with Crippen LogP contribution in [-0.4, -0.2) is 31.2 Å². The van der Waals surface area contributed by atoms with E-state index in [1.54, 1.807) is 18.2 Å². The number of hydrogen-bond acceptors (Lipinski definition) is 3. The topological polar surface area (TPSA) is 79.5 Å². The maximum Gasteiger partial charge on any atom is 0.416 e. The number of hydrogen-bond donors (Lipinski definition) is 3. The van der Waals surface area contributed by atoms with Crippen LogP contribution in [0.4, 0.5) is 23.7 Å². The molecule has 1 fully saturated rings. The van der Waals surface area contributed by atoms with Crippen LogP contribution in [0.3, 0.4) is 0 Å². The number of nitrogens with one attached hydrogen (secondary N) is 3. The number of ether oxygens (including phenoxy) is 1. The van der Waals surface area contributed by atoms with Crippen molar-refractivity contribution in [1.82, 2.24) is 10.6 Å². The van der Waals surface area contributed by atoms with E-state index < -0.39 is 17.8 Å². The van der Waals surface area contributed by atoms with Gasteiger partial charge in [0, 0.05) is 25.4 Å². The molecule has 6 nitrogen and oxygen atoms in total. The average molecular weight is 435 g/mol. The second kappa shape index (κ2) is 10.3. The average Bonchev–Trinajstić information content (AvgIpc) is 3.27. The smallest absolute Gasteiger partial charge is 0.368 e. The number of amides is 3. The first-order chi connectivity index (χ1) is 14.8. The molecule has 1 heterocycles. The summed E-state index contributed by atoms with van der Waals surface area (Å²) in [5.41, 5.74) is 1.43. The van der Waals surface area contributed by atoms with E-state index in [0.29, 0.717) is 30.7 Å². The Morgan fingerprint density at radius 1 is 1.03 bits per heavy atom. The second-order valence-corrected chi connectivity index (χ2v) is 7.25. The summed E-state index contributed by atoms with van der Waals surface area (Å²) in [7, 11) is 0. The molecule has 0 saturated carbocycles. The number of benzene rings is 2. The Morgan fingerprint density at radius 2 is 1.81 bits per heavy atom. The molecule has 2 aromatic rings. The van der Waals surface area contributed by atoms with Crippen molar-refractivity contribution in [3.8, 4) is 0 Å². The van der Waals surface area contributed by atoms with Gasteiger partial charge in [-0.05, 0) is 54.7 Å². The van der Waals surface area contributed by atoms with Crippen LogP contribution < -0.4 is 16.0 Å². The minimum atomic E-state index is -4.36. The zero-order valence-corrected chi connectivity index (χ0v) is 16.8. The van der Waals surface area contributed by atoms with Crippen LogP contribution in [0.1, 0.15) is 29.5 Å². The number of halogens is 3. The number of anilines is 1. The van der Waals surface area contributed by atoms with E-state index in [9.17, 15) is 22.8 Å². The summed E-state index contributed by atoms with van der Waals surface area (Å²) in [6.07, 6.45) is -2.79. The van der Waals surface area contributed by atoms with Crippen LogP contribution in [0.2, 0.25) is 0 Å². The maximum absolute atomic E-state index is 12.6. The van der Waals surface area contributed by atoms with Crippen molar-refractivity contribution in [3.63, 3.8) is 0 Å². The monoisotopic (exact) mass is 435 g/mol. The first kappa shape index (κ1) is 22.6. The predicted octanol–water partition coefficient (Wildman–Crippen LogP) is 3.86. The summed E-state index contributed by atoms with van der Waals surface area (Å²) in [5, 5.41) is 8.20. The summed E-state index contributed by atoms with van der Waals surface area (Å²) in [5.74, 6) is -0.177. The fourth-order valence-electron chi connectivity index (χ4n) is 3.19. The molecule has 0 radical (unpaired) electrons. The largest absolute Gasteiger partial charge is 0.416 e. The van der Waals surface area contributed by atoms with E-state index in [4.69, 9.17) is 4.74 Å². The standard InChI is InChI=1S/C22H24F3N3O3/c23-22(24,25)17-8-6-15(7-9-17)10-11-26-21(30)27-14-16-3-1-4-18(13-16)28-20(29)19-5-2-12-31-19/h1,3-4,6-9,13,19H,2,5,10-12,14H2,(H,28,29)(H2,26,27,30). The third kappa shape index (κ3) is 6.99. The van der Waals surface area contributed by atoms with Crippen molar-refractivity contribution >= 4 is 17.6 Å². The van der Waals surface area contributed by atoms with Gasteiger partial charge in [0.05, 0.1) is 5.56 Å². The molecule has 0 bridgehead atoms. The molecular formula is C22H24F3N3O3. The molecule has 0 aliphatic carbocycles. The lowest BCUT2D eigenvalue weighted by Crippen LogP contribution is -2.36. The van der Waals surface area contributed by atoms with Crippen LogP contribution in [0.25, 0.3) is 0 Å². The number of urea groups is 1. The lowest BCUT2D eigenvalue weighted by molar-refractivity contribution is -0.137. The van der Waals surface area contributed by atoms with E-state index >= 15 is 0 Å². The Morgan fingerprint density at radius 3 is 2.48 bits per heavy atom. The Labute approximate surface area is 178 Å². The van der Waals surface area contributed by atoms with Gasteiger partial charge in [-0.15, -0.1) is 0 Å². The van der Waals surface area contributed by atoms with Crippen LogP contribution in [0.15, 0.2) is 48.5 Å². The summed E-state index contributed by atoms with van der Waals surface area (Å²) < 4.78 is 43.1. The van der Waals surface area contributed by atoms with Crippen molar-refractivity contribution < 1.29 is 27.5 Å². The third-order valence-corrected chi connectivity index (χ3v) is 4.85. The van der Waals surface area contributed by atoms with Gasteiger partial charge in [-0.25, -0.2) is 4.79 Å². The van der Waals surface area contributed by atoms with Crippen molar-refractivity contribution in [3.05, 3.63) is 65.2 Å². The van der Waals surface area contributed by atoms with Gasteiger partial charge in [0.2, 0.25) is 0 Å². The van der Waals surface area contributed by atoms with E-state index in [1.165, 1.54) is 12.1 Å². The SMILES string of the molecule is O=C(NCCc1ccc(C(F)(F)F)cc1)NCc1cccc(NC(=O)C2CCCO2)c1. The third-order valence-electron chi connectivity index (χ3n) is 4.85. The Bertz CT molecular complexity index is 895. The quantitative estimate of drug-likeness (QED) is 0.618. The molecule has 1 saturated heterocycles. The molecule has 1 aliphatic heterocycles. The maximum atomic E-state index is 12.6. The summed E-state index contributed by atoms with van der Waals surface area (Å²) in [6.45, 7) is 1.14. The van der Waals surface area contributed by atoms with Gasteiger partial charge >= 0.3 is 12.2 Å². The molecular weight excluding hydrogens is 411 g/mol. The Balaban J connectivity index is 1.40. The summed E-state index contributed by atoms with van der Waals surface area (Å²) in [4.78, 5) is 24.1. The number of carbonyl (C=O) groups excluding carboxylic acids is 2. The van der Waals surface area contributed by atoms with Crippen molar-refractivity contribution in [2.24, 2.45) is 0 Å². The molecule has 1 atom stereocenters. The molecule has 0 aromatic heterocycles. The van der Waals surface area contributed by atoms with Crippen LogP contribution >= 0.6 is 0 Å². The highest BCUT2D eigenvalue weighted by Crippen LogP contribution is 2.29. The predicted molar refractivity (Wildman–Crippen MR) is 109 cm³/mol. The summed E-state index contributed by atoms with van der Waals surface area (Å²) in [6, 6.07) is 11.6. The Kier molecular flexibility index (Phi) is 7.51. The number of alkyl halides is 3. The van der Waals surface area contributed by atoms with Crippen LogP contribution in [0.5, 0.6) is 0 Å². The lowest BCUT2D eigenvalue weighted by Gasteiger charge is -2.12. The highest BCUT2D eigenvalue weighted by molar-refractivity contribution is 5.94. The zero-order chi connectivity index (χ0) is 22.3. The molecule has 9 heteroatoms. The van der Waals surface area contributed by atoms with E-state index in [-0.39, 0.29) is 25.0 Å². The van der Waals surface area contributed by atoms with Gasteiger partial charge in [-0.3, -0.25) is 4.79 Å². The highest BCUT2D eigenvalue weighted by Gasteiger charge is 2.29. The fourth-order valence-corrected chi connectivity index (χ4v) is 3.19. The van der Waals surface area contributed by atoms with E-state index in [1.807, 2.05) is 6.07 Å². The normalized spacial score (nSPS) is 16.0. The fraction of sp³-hybridized carbons (Fsp3) is 0.364. The molecule has 3 amide bonds. The number of carbonyl (C=O) groups is 2. The van der Waals surface area contributed by atoms with E-state index in [0.717, 1.165) is 24.1 Å². The minimum absolute atomic E-state index is 0.177. The molecule has 1 aliphatic rings. The number of rotatable bonds is 7. The van der Waals surface area contributed by atoms with Gasteiger partial charge in [-0.1, -0.05) is 24.3 Å². The molecule has 3 rings (SSSR count). The van der Waals surface area contributed by atoms with Crippen LogP contribution in [0, 0.1) is 0 Å². The van der Waals surface area contributed by atoms with Gasteiger partial charge in [-0.2, -0.15) is 13.2 Å². The van der Waals surface area contributed by atoms with Gasteiger partial charge in [0.25, 0.3) is 5.91 Å². The van der Waals surface area contributed by atoms with Crippen molar-refractivity contribution in [2.45, 2.75) is 38.1 Å². The second-order valence-electron chi connectivity index (χ2n) is 7.25. The zero-order valence-electron chi connectivity index (χ0n) is 16.8. The Hall–Kier alpha value is -3.07. The lowest BCUT2D eigenvalue weighted by atomic mass is 10.1. The highest BCUT2D eigenvalue weighted by atomic mass is 19.4. The van der Waals surface area contributed by atoms with Crippen molar-refractivity contribution in [1.29, 1.82) is 0 Å². The van der Waals surface area contributed by atoms with Gasteiger partial charge in [0.15, 0.2) is 0 Å². The van der Waals surface area contributed by atoms with Gasteiger partial charge in [0.1, 0.15) is 6.10 Å². The summed E-state index contributed by atoms with van der Waals surface area (Å²) >= 11 is 0. The molecule has 1 unspecified atom stereocenters. The molecule has 3 N–H and O–H groups in total. The molecule has 31 heavy (non-hydrogen) atoms. The minimum Gasteiger partial charge on any atom is -0.368 e. The first-order valence-electron chi connectivity index (χ1n) is 10.0. The van der Waals surface area contributed by atoms with E-state index in [2.05, 4.69) is 16.0 Å².